The Labute approximate surface area is 124 Å². The molecule has 0 saturated carbocycles. The van der Waals surface area contributed by atoms with E-state index in [2.05, 4.69) is 14.7 Å². The molecule has 1 aromatic carbocycles. The number of phenols is 2. The molecule has 2 N–H and O–H groups in total. The van der Waals surface area contributed by atoms with Gasteiger partial charge in [-0.25, -0.2) is 0 Å². The van der Waals surface area contributed by atoms with Crippen LogP contribution in [0.15, 0.2) is 10.6 Å². The zero-order valence-corrected chi connectivity index (χ0v) is 11.1. The van der Waals surface area contributed by atoms with Crippen molar-refractivity contribution >= 4 is 11.5 Å². The van der Waals surface area contributed by atoms with Gasteiger partial charge in [-0.05, 0) is 6.07 Å². The molecule has 0 fully saturated rings. The lowest BCUT2D eigenvalue weighted by Gasteiger charge is -2.11. The second-order valence-corrected chi connectivity index (χ2v) is 4.24. The summed E-state index contributed by atoms with van der Waals surface area (Å²) in [6.07, 6.45) is -5.47. The summed E-state index contributed by atoms with van der Waals surface area (Å²) in [6.45, 7) is 1.29. The van der Waals surface area contributed by atoms with Crippen molar-refractivity contribution in [2.24, 2.45) is 0 Å². The molecule has 0 aliphatic carbocycles. The number of alkyl halides is 3. The lowest BCUT2D eigenvalue weighted by Crippen LogP contribution is -2.24. The molecule has 1 aromatic heterocycles. The molecule has 0 atom stereocenters. The Morgan fingerprint density at radius 3 is 2.43 bits per heavy atom. The van der Waals surface area contributed by atoms with Crippen LogP contribution in [0.4, 0.5) is 18.9 Å². The lowest BCUT2D eigenvalue weighted by molar-refractivity contribution is -0.386. The molecule has 122 valence electrons. The van der Waals surface area contributed by atoms with Crippen LogP contribution in [0.2, 0.25) is 0 Å². The molecule has 2 aromatic rings. The van der Waals surface area contributed by atoms with E-state index in [1.54, 1.807) is 0 Å². The van der Waals surface area contributed by atoms with Crippen LogP contribution in [0.5, 0.6) is 11.5 Å². The number of rotatable bonds is 3. The number of nitro groups is 1. The largest absolute Gasteiger partial charge is 0.504 e. The van der Waals surface area contributed by atoms with Crippen LogP contribution in [0, 0.1) is 17.0 Å². The molecule has 9 nitrogen and oxygen atoms in total. The van der Waals surface area contributed by atoms with Gasteiger partial charge in [0.25, 0.3) is 5.78 Å². The van der Waals surface area contributed by atoms with Crippen molar-refractivity contribution in [3.8, 4) is 22.9 Å². The standard InChI is InChI=1S/C11H6F3N3O6/c1-3-15-10(16-23-3)4-2-5(18)8(19)7(17(21)22)6(4)9(20)11(12,13)14/h2,18-19H,1H3. The summed E-state index contributed by atoms with van der Waals surface area (Å²) in [5, 5.41) is 33.2. The zero-order valence-electron chi connectivity index (χ0n) is 11.1. The van der Waals surface area contributed by atoms with E-state index in [-0.39, 0.29) is 5.89 Å². The number of halogens is 3. The summed E-state index contributed by atoms with van der Waals surface area (Å²) in [7, 11) is 0. The maximum Gasteiger partial charge on any atom is 0.455 e. The van der Waals surface area contributed by atoms with Crippen molar-refractivity contribution in [2.75, 3.05) is 0 Å². The van der Waals surface area contributed by atoms with Crippen molar-refractivity contribution in [1.29, 1.82) is 0 Å². The van der Waals surface area contributed by atoms with Gasteiger partial charge in [-0.3, -0.25) is 14.9 Å². The molecular formula is C11H6F3N3O6. The fraction of sp³-hybridized carbons (Fsp3) is 0.182. The summed E-state index contributed by atoms with van der Waals surface area (Å²) in [5.74, 6) is -5.88. The van der Waals surface area contributed by atoms with Gasteiger partial charge in [0.1, 0.15) is 5.56 Å². The smallest absolute Gasteiger partial charge is 0.455 e. The van der Waals surface area contributed by atoms with Gasteiger partial charge in [0, 0.05) is 12.5 Å². The molecule has 0 amide bonds. The number of aryl methyl sites for hydroxylation is 1. The van der Waals surface area contributed by atoms with Crippen molar-refractivity contribution in [3.63, 3.8) is 0 Å². The van der Waals surface area contributed by atoms with Crippen LogP contribution in [0.1, 0.15) is 16.2 Å². The third kappa shape index (κ3) is 2.77. The molecule has 0 aliphatic rings. The Bertz CT molecular complexity index is 814. The predicted octanol–water partition coefficient (Wildman–Crippen LogP) is 2.11. The van der Waals surface area contributed by atoms with E-state index in [4.69, 9.17) is 0 Å². The van der Waals surface area contributed by atoms with Gasteiger partial charge in [0.05, 0.1) is 4.92 Å². The highest BCUT2D eigenvalue weighted by Crippen LogP contribution is 2.45. The number of aromatic nitrogens is 2. The van der Waals surface area contributed by atoms with E-state index >= 15 is 0 Å². The molecular weight excluding hydrogens is 327 g/mol. The average Bonchev–Trinajstić information content (AvgIpc) is 2.85. The van der Waals surface area contributed by atoms with Crippen molar-refractivity contribution in [2.45, 2.75) is 13.1 Å². The first-order chi connectivity index (χ1) is 10.5. The van der Waals surface area contributed by atoms with E-state index in [9.17, 15) is 38.3 Å². The van der Waals surface area contributed by atoms with Crippen LogP contribution in [0.25, 0.3) is 11.4 Å². The van der Waals surface area contributed by atoms with Gasteiger partial charge in [-0.1, -0.05) is 5.16 Å². The van der Waals surface area contributed by atoms with E-state index in [0.29, 0.717) is 6.07 Å². The third-order valence-corrected chi connectivity index (χ3v) is 2.69. The number of phenolic OH excluding ortho intramolecular Hbond substituents is 2. The SMILES string of the molecule is Cc1nc(-c2cc(O)c(O)c([N+](=O)[O-])c2C(=O)C(F)(F)F)no1. The number of carbonyl (C=O) groups is 1. The number of hydrogen-bond acceptors (Lipinski definition) is 8. The number of aromatic hydroxyl groups is 2. The number of hydrogen-bond donors (Lipinski definition) is 2. The van der Waals surface area contributed by atoms with Crippen LogP contribution >= 0.6 is 0 Å². The first-order valence-corrected chi connectivity index (χ1v) is 5.69. The molecule has 0 spiro atoms. The summed E-state index contributed by atoms with van der Waals surface area (Å²) >= 11 is 0. The van der Waals surface area contributed by atoms with E-state index < -0.39 is 51.0 Å². The minimum absolute atomic E-state index is 0.0966. The molecule has 0 aliphatic heterocycles. The predicted molar refractivity (Wildman–Crippen MR) is 64.8 cm³/mol. The monoisotopic (exact) mass is 333 g/mol. The molecule has 0 bridgehead atoms. The van der Waals surface area contributed by atoms with E-state index in [1.807, 2.05) is 0 Å². The molecule has 0 saturated heterocycles. The van der Waals surface area contributed by atoms with Crippen LogP contribution in [-0.2, 0) is 0 Å². The number of carbonyl (C=O) groups excluding carboxylic acids is 1. The highest BCUT2D eigenvalue weighted by molar-refractivity contribution is 6.09. The van der Waals surface area contributed by atoms with Gasteiger partial charge in [0.15, 0.2) is 5.75 Å². The van der Waals surface area contributed by atoms with Gasteiger partial charge in [-0.15, -0.1) is 0 Å². The van der Waals surface area contributed by atoms with Gasteiger partial charge >= 0.3 is 11.9 Å². The van der Waals surface area contributed by atoms with E-state index in [1.165, 1.54) is 6.92 Å². The maximum absolute atomic E-state index is 12.7. The Morgan fingerprint density at radius 1 is 1.39 bits per heavy atom. The Hall–Kier alpha value is -3.18. The van der Waals surface area contributed by atoms with Crippen molar-refractivity contribution in [1.82, 2.24) is 10.1 Å². The van der Waals surface area contributed by atoms with Crippen LogP contribution in [-0.4, -0.2) is 37.2 Å². The number of benzene rings is 1. The van der Waals surface area contributed by atoms with Crippen LogP contribution in [0.3, 0.4) is 0 Å². The second-order valence-electron chi connectivity index (χ2n) is 4.24. The normalized spacial score (nSPS) is 11.5. The molecule has 23 heavy (non-hydrogen) atoms. The molecule has 2 rings (SSSR count). The fourth-order valence-electron chi connectivity index (χ4n) is 1.78. The van der Waals surface area contributed by atoms with Gasteiger partial charge < -0.3 is 14.7 Å². The summed E-state index contributed by atoms with van der Waals surface area (Å²) in [5.41, 5.74) is -3.91. The Morgan fingerprint density at radius 2 is 2.00 bits per heavy atom. The first kappa shape index (κ1) is 16.2. The van der Waals surface area contributed by atoms with Crippen LogP contribution < -0.4 is 0 Å². The summed E-state index contributed by atoms with van der Waals surface area (Å²) < 4.78 is 42.7. The van der Waals surface area contributed by atoms with Crippen molar-refractivity contribution in [3.05, 3.63) is 27.6 Å². The summed E-state index contributed by atoms with van der Waals surface area (Å²) in [6, 6.07) is 0.506. The second kappa shape index (κ2) is 5.23. The number of ketones is 1. The average molecular weight is 333 g/mol. The fourth-order valence-corrected chi connectivity index (χ4v) is 1.78. The molecule has 0 radical (unpaired) electrons. The first-order valence-electron chi connectivity index (χ1n) is 5.69. The van der Waals surface area contributed by atoms with E-state index in [0.717, 1.165) is 0 Å². The van der Waals surface area contributed by atoms with Gasteiger partial charge in [-0.2, -0.15) is 18.2 Å². The third-order valence-electron chi connectivity index (χ3n) is 2.69. The number of nitro benzene ring substituents is 1. The minimum atomic E-state index is -5.47. The molecule has 1 heterocycles. The minimum Gasteiger partial charge on any atom is -0.504 e. The Balaban J connectivity index is 2.91. The maximum atomic E-state index is 12.7. The zero-order chi connectivity index (χ0) is 17.5. The number of nitrogens with zero attached hydrogens (tertiary/aromatic N) is 3. The van der Waals surface area contributed by atoms with Gasteiger partial charge in [0.2, 0.25) is 17.5 Å². The summed E-state index contributed by atoms with van der Waals surface area (Å²) in [4.78, 5) is 24.7. The number of Topliss-reactive ketones (excluding diaryl/α,β-unsaturated/α-hetero) is 1. The highest BCUT2D eigenvalue weighted by Gasteiger charge is 2.46. The quantitative estimate of drug-likeness (QED) is 0.377. The highest BCUT2D eigenvalue weighted by atomic mass is 19.4. The topological polar surface area (TPSA) is 140 Å². The molecule has 12 heteroatoms. The van der Waals surface area contributed by atoms with Crippen molar-refractivity contribution < 1.29 is 37.6 Å². The Kier molecular flexibility index (Phi) is 3.68. The lowest BCUT2D eigenvalue weighted by atomic mass is 9.99. The molecule has 0 unspecified atom stereocenters.